The maximum Gasteiger partial charge on any atom is 0.321 e. The van der Waals surface area contributed by atoms with E-state index >= 15 is 0 Å². The zero-order valence-corrected chi connectivity index (χ0v) is 19.9. The fourth-order valence-corrected chi connectivity index (χ4v) is 4.66. The number of carboxylic acids is 1. The lowest BCUT2D eigenvalue weighted by molar-refractivity contribution is -0.153. The van der Waals surface area contributed by atoms with Crippen LogP contribution in [-0.4, -0.2) is 43.3 Å². The number of hydrogen-bond acceptors (Lipinski definition) is 4. The SMILES string of the molecule is CCCCC(C)(CC)N([C@@H](Cc1ccc(O)c(O)c1)C(=O)O)C(C)(CC)CCCC. The van der Waals surface area contributed by atoms with Crippen LogP contribution in [0.15, 0.2) is 18.2 Å². The molecule has 0 aliphatic heterocycles. The largest absolute Gasteiger partial charge is 0.504 e. The molecule has 0 aromatic heterocycles. The lowest BCUT2D eigenvalue weighted by Crippen LogP contribution is -2.64. The Kier molecular flexibility index (Phi) is 10.2. The summed E-state index contributed by atoms with van der Waals surface area (Å²) in [5.74, 6) is -1.24. The molecule has 0 bridgehead atoms. The summed E-state index contributed by atoms with van der Waals surface area (Å²) in [6, 6.07) is 3.90. The molecule has 1 rings (SSSR count). The van der Waals surface area contributed by atoms with Crippen molar-refractivity contribution in [3.63, 3.8) is 0 Å². The number of carbonyl (C=O) groups is 1. The van der Waals surface area contributed by atoms with Gasteiger partial charge in [0.15, 0.2) is 11.5 Å². The summed E-state index contributed by atoms with van der Waals surface area (Å²) < 4.78 is 0. The number of phenolic OH excluding ortho intramolecular Hbond substituents is 2. The highest BCUT2D eigenvalue weighted by molar-refractivity contribution is 5.74. The van der Waals surface area contributed by atoms with Crippen molar-refractivity contribution >= 4 is 5.97 Å². The molecule has 0 saturated carbocycles. The Morgan fingerprint density at radius 2 is 1.43 bits per heavy atom. The Morgan fingerprint density at radius 1 is 0.933 bits per heavy atom. The Labute approximate surface area is 183 Å². The summed E-state index contributed by atoms with van der Waals surface area (Å²) >= 11 is 0. The van der Waals surface area contributed by atoms with Crippen molar-refractivity contribution < 1.29 is 20.1 Å². The monoisotopic (exact) mass is 421 g/mol. The van der Waals surface area contributed by atoms with Crippen molar-refractivity contribution in [2.45, 2.75) is 116 Å². The second-order valence-electron chi connectivity index (χ2n) is 9.16. The van der Waals surface area contributed by atoms with Crippen LogP contribution in [-0.2, 0) is 11.2 Å². The third-order valence-electron chi connectivity index (χ3n) is 6.89. The molecule has 0 spiro atoms. The van der Waals surface area contributed by atoms with E-state index < -0.39 is 12.0 Å². The molecule has 0 fully saturated rings. The summed E-state index contributed by atoms with van der Waals surface area (Å²) in [6.07, 6.45) is 8.20. The average Bonchev–Trinajstić information content (AvgIpc) is 2.72. The van der Waals surface area contributed by atoms with Crippen LogP contribution in [0.2, 0.25) is 0 Å². The minimum Gasteiger partial charge on any atom is -0.504 e. The van der Waals surface area contributed by atoms with Gasteiger partial charge in [0.05, 0.1) is 0 Å². The number of phenols is 2. The van der Waals surface area contributed by atoms with Crippen molar-refractivity contribution in [2.24, 2.45) is 0 Å². The number of unbranched alkanes of at least 4 members (excludes halogenated alkanes) is 2. The van der Waals surface area contributed by atoms with Gasteiger partial charge in [-0.15, -0.1) is 0 Å². The number of nitrogens with zero attached hydrogens (tertiary/aromatic N) is 1. The first-order chi connectivity index (χ1) is 14.1. The van der Waals surface area contributed by atoms with Crippen LogP contribution in [0.25, 0.3) is 0 Å². The van der Waals surface area contributed by atoms with E-state index in [9.17, 15) is 20.1 Å². The van der Waals surface area contributed by atoms with Crippen LogP contribution in [0.5, 0.6) is 11.5 Å². The number of hydrogen-bond donors (Lipinski definition) is 3. The minimum atomic E-state index is -0.838. The molecule has 0 aliphatic carbocycles. The van der Waals surface area contributed by atoms with Crippen molar-refractivity contribution in [1.82, 2.24) is 4.90 Å². The molecule has 5 nitrogen and oxygen atoms in total. The second-order valence-corrected chi connectivity index (χ2v) is 9.16. The van der Waals surface area contributed by atoms with Gasteiger partial charge in [0.25, 0.3) is 0 Å². The van der Waals surface area contributed by atoms with Crippen molar-refractivity contribution in [3.8, 4) is 11.5 Å². The van der Waals surface area contributed by atoms with Crippen LogP contribution in [0.3, 0.4) is 0 Å². The third-order valence-corrected chi connectivity index (χ3v) is 6.89. The summed E-state index contributed by atoms with van der Waals surface area (Å²) in [6.45, 7) is 13.1. The molecule has 0 saturated heterocycles. The van der Waals surface area contributed by atoms with Gasteiger partial charge in [0.2, 0.25) is 0 Å². The predicted octanol–water partition coefficient (Wildman–Crippen LogP) is 6.11. The van der Waals surface area contributed by atoms with E-state index in [2.05, 4.69) is 46.4 Å². The van der Waals surface area contributed by atoms with Gasteiger partial charge in [0.1, 0.15) is 6.04 Å². The molecule has 172 valence electrons. The Bertz CT molecular complexity index is 655. The Hall–Kier alpha value is -1.75. The Morgan fingerprint density at radius 3 is 1.80 bits per heavy atom. The summed E-state index contributed by atoms with van der Waals surface area (Å²) in [7, 11) is 0. The van der Waals surface area contributed by atoms with Crippen molar-refractivity contribution in [3.05, 3.63) is 23.8 Å². The predicted molar refractivity (Wildman–Crippen MR) is 123 cm³/mol. The van der Waals surface area contributed by atoms with E-state index in [0.29, 0.717) is 5.56 Å². The Balaban J connectivity index is 3.51. The first kappa shape index (κ1) is 26.3. The van der Waals surface area contributed by atoms with Gasteiger partial charge in [-0.25, -0.2) is 0 Å². The highest BCUT2D eigenvalue weighted by Gasteiger charge is 2.47. The van der Waals surface area contributed by atoms with Crippen LogP contribution >= 0.6 is 0 Å². The first-order valence-corrected chi connectivity index (χ1v) is 11.6. The van der Waals surface area contributed by atoms with Crippen molar-refractivity contribution in [1.29, 1.82) is 0 Å². The van der Waals surface area contributed by atoms with Gasteiger partial charge in [0, 0.05) is 11.1 Å². The van der Waals surface area contributed by atoms with E-state index in [4.69, 9.17) is 0 Å². The molecule has 1 aromatic carbocycles. The van der Waals surface area contributed by atoms with Gasteiger partial charge in [-0.05, 0) is 63.6 Å². The molecule has 5 heteroatoms. The fraction of sp³-hybridized carbons (Fsp3) is 0.720. The van der Waals surface area contributed by atoms with E-state index in [1.165, 1.54) is 12.1 Å². The lowest BCUT2D eigenvalue weighted by atomic mass is 9.78. The highest BCUT2D eigenvalue weighted by atomic mass is 16.4. The highest BCUT2D eigenvalue weighted by Crippen LogP contribution is 2.40. The van der Waals surface area contributed by atoms with Crippen LogP contribution in [0.1, 0.15) is 98.5 Å². The van der Waals surface area contributed by atoms with Crippen LogP contribution < -0.4 is 0 Å². The van der Waals surface area contributed by atoms with Gasteiger partial charge in [-0.2, -0.15) is 0 Å². The maximum absolute atomic E-state index is 12.6. The smallest absolute Gasteiger partial charge is 0.321 e. The molecular weight excluding hydrogens is 378 g/mol. The minimum absolute atomic E-state index is 0.190. The molecule has 3 atom stereocenters. The van der Waals surface area contributed by atoms with Gasteiger partial charge < -0.3 is 15.3 Å². The number of rotatable bonds is 14. The molecule has 1 aromatic rings. The normalized spacial score (nSPS) is 16.8. The molecule has 0 amide bonds. The van der Waals surface area contributed by atoms with Gasteiger partial charge in [-0.1, -0.05) is 59.4 Å². The summed E-state index contributed by atoms with van der Waals surface area (Å²) in [4.78, 5) is 14.9. The quantitative estimate of drug-likeness (QED) is 0.316. The molecule has 2 unspecified atom stereocenters. The molecule has 0 radical (unpaired) electrons. The van der Waals surface area contributed by atoms with Crippen LogP contribution in [0, 0.1) is 0 Å². The summed E-state index contributed by atoms with van der Waals surface area (Å²) in [5.41, 5.74) is 0.234. The molecular formula is C25H43NO4. The molecule has 30 heavy (non-hydrogen) atoms. The van der Waals surface area contributed by atoms with E-state index in [1.54, 1.807) is 6.07 Å². The van der Waals surface area contributed by atoms with Crippen molar-refractivity contribution in [2.75, 3.05) is 0 Å². The average molecular weight is 422 g/mol. The fourth-order valence-electron chi connectivity index (χ4n) is 4.66. The maximum atomic E-state index is 12.6. The first-order valence-electron chi connectivity index (χ1n) is 11.6. The van der Waals surface area contributed by atoms with E-state index in [-0.39, 0.29) is 29.0 Å². The standard InChI is InChI=1S/C25H43NO4/c1-7-11-15-24(5,9-3)26(25(6,10-4)16-12-8-2)20(23(29)30)17-19-13-14-21(27)22(28)18-19/h13-14,18,20,27-28H,7-12,15-17H2,1-6H3,(H,29,30)/t20-,24?,25?/m0/s1. The zero-order valence-electron chi connectivity index (χ0n) is 19.9. The number of carboxylic acid groups (broad SMARTS) is 1. The number of aromatic hydroxyl groups is 2. The third kappa shape index (κ3) is 6.37. The van der Waals surface area contributed by atoms with Crippen LogP contribution in [0.4, 0.5) is 0 Å². The van der Waals surface area contributed by atoms with Gasteiger partial charge in [-0.3, -0.25) is 9.69 Å². The van der Waals surface area contributed by atoms with E-state index in [0.717, 1.165) is 51.4 Å². The number of benzene rings is 1. The topological polar surface area (TPSA) is 81.0 Å². The number of aliphatic carboxylic acids is 1. The lowest BCUT2D eigenvalue weighted by Gasteiger charge is -2.54. The second kappa shape index (κ2) is 11.6. The molecule has 3 N–H and O–H groups in total. The van der Waals surface area contributed by atoms with E-state index in [1.807, 2.05) is 0 Å². The molecule has 0 heterocycles. The zero-order chi connectivity index (χ0) is 22.9. The van der Waals surface area contributed by atoms with Gasteiger partial charge >= 0.3 is 5.97 Å². The summed E-state index contributed by atoms with van der Waals surface area (Å²) in [5, 5.41) is 29.9. The molecule has 0 aliphatic rings.